The lowest BCUT2D eigenvalue weighted by Crippen LogP contribution is -2.65. The predicted molar refractivity (Wildman–Crippen MR) is 115 cm³/mol. The molecule has 1 atom stereocenters. The smallest absolute Gasteiger partial charge is 0.333 e. The Kier molecular flexibility index (Phi) is 7.92. The van der Waals surface area contributed by atoms with E-state index in [1.165, 1.54) is 6.08 Å². The van der Waals surface area contributed by atoms with Gasteiger partial charge in [0.2, 0.25) is 5.91 Å². The molecule has 4 amide bonds. The summed E-state index contributed by atoms with van der Waals surface area (Å²) in [4.78, 5) is 54.0. The van der Waals surface area contributed by atoms with Gasteiger partial charge in [-0.3, -0.25) is 24.2 Å². The average molecular weight is 414 g/mol. The Hall–Kier alpha value is -2.96. The van der Waals surface area contributed by atoms with Gasteiger partial charge in [0.15, 0.2) is 5.78 Å². The molecule has 30 heavy (non-hydrogen) atoms. The van der Waals surface area contributed by atoms with Crippen molar-refractivity contribution in [1.29, 1.82) is 0 Å². The summed E-state index contributed by atoms with van der Waals surface area (Å²) < 4.78 is 0. The quantitative estimate of drug-likeness (QED) is 0.271. The SMILES string of the molecule is C=C/C=C\C/C(N)=C\C(=O)CN1C(=O)N(CCC)C(=O)C(C)(C2=CCCCC2)C1=O. The van der Waals surface area contributed by atoms with Gasteiger partial charge < -0.3 is 5.73 Å². The summed E-state index contributed by atoms with van der Waals surface area (Å²) in [5, 5.41) is 0. The zero-order chi connectivity index (χ0) is 22.3. The van der Waals surface area contributed by atoms with Gasteiger partial charge in [-0.2, -0.15) is 0 Å². The molecule has 1 aliphatic carbocycles. The normalized spacial score (nSPS) is 23.2. The van der Waals surface area contributed by atoms with Crippen molar-refractivity contribution in [3.63, 3.8) is 0 Å². The molecule has 1 heterocycles. The van der Waals surface area contributed by atoms with Crippen molar-refractivity contribution in [3.05, 3.63) is 48.2 Å². The van der Waals surface area contributed by atoms with E-state index in [4.69, 9.17) is 5.73 Å². The molecule has 0 aromatic carbocycles. The number of allylic oxidation sites excluding steroid dienone is 4. The molecule has 2 aliphatic rings. The number of nitrogens with zero attached hydrogens (tertiary/aromatic N) is 2. The van der Waals surface area contributed by atoms with Crippen LogP contribution in [-0.2, 0) is 14.4 Å². The van der Waals surface area contributed by atoms with E-state index in [1.807, 2.05) is 13.0 Å². The minimum Gasteiger partial charge on any atom is -0.402 e. The molecular formula is C23H31N3O4. The summed E-state index contributed by atoms with van der Waals surface area (Å²) in [6.45, 7) is 6.74. The largest absolute Gasteiger partial charge is 0.402 e. The number of carbonyl (C=O) groups is 4. The van der Waals surface area contributed by atoms with Crippen LogP contribution in [-0.4, -0.2) is 46.5 Å². The first-order valence-corrected chi connectivity index (χ1v) is 10.4. The first kappa shape index (κ1) is 23.3. The number of hydrogen-bond donors (Lipinski definition) is 1. The summed E-state index contributed by atoms with van der Waals surface area (Å²) in [5.41, 5.74) is 5.45. The van der Waals surface area contributed by atoms with Crippen LogP contribution in [0.5, 0.6) is 0 Å². The first-order valence-electron chi connectivity index (χ1n) is 10.4. The average Bonchev–Trinajstić information content (AvgIpc) is 2.73. The van der Waals surface area contributed by atoms with E-state index in [0.29, 0.717) is 25.0 Å². The number of imide groups is 2. The lowest BCUT2D eigenvalue weighted by atomic mass is 9.73. The molecule has 1 unspecified atom stereocenters. The Morgan fingerprint density at radius 2 is 1.93 bits per heavy atom. The van der Waals surface area contributed by atoms with Crippen LogP contribution >= 0.6 is 0 Å². The first-order chi connectivity index (χ1) is 14.3. The fraction of sp³-hybridized carbons (Fsp3) is 0.478. The van der Waals surface area contributed by atoms with Crippen molar-refractivity contribution in [3.8, 4) is 0 Å². The maximum absolute atomic E-state index is 13.3. The molecule has 7 heteroatoms. The number of nitrogens with two attached hydrogens (primary N) is 1. The highest BCUT2D eigenvalue weighted by atomic mass is 16.2. The molecule has 0 aromatic rings. The predicted octanol–water partition coefficient (Wildman–Crippen LogP) is 3.24. The zero-order valence-corrected chi connectivity index (χ0v) is 17.9. The minimum atomic E-state index is -1.45. The van der Waals surface area contributed by atoms with E-state index in [-0.39, 0.29) is 6.54 Å². The summed E-state index contributed by atoms with van der Waals surface area (Å²) in [6.07, 6.45) is 12.4. The summed E-state index contributed by atoms with van der Waals surface area (Å²) in [7, 11) is 0. The number of rotatable bonds is 9. The topological polar surface area (TPSA) is 101 Å². The highest BCUT2D eigenvalue weighted by molar-refractivity contribution is 6.21. The molecule has 7 nitrogen and oxygen atoms in total. The Morgan fingerprint density at radius 3 is 2.53 bits per heavy atom. The van der Waals surface area contributed by atoms with E-state index < -0.39 is 35.6 Å². The zero-order valence-electron chi connectivity index (χ0n) is 17.9. The molecule has 1 aliphatic heterocycles. The molecule has 2 N–H and O–H groups in total. The lowest BCUT2D eigenvalue weighted by Gasteiger charge is -2.43. The van der Waals surface area contributed by atoms with Crippen molar-refractivity contribution >= 4 is 23.6 Å². The van der Waals surface area contributed by atoms with Gasteiger partial charge in [-0.1, -0.05) is 37.8 Å². The van der Waals surface area contributed by atoms with Crippen molar-refractivity contribution in [2.75, 3.05) is 13.1 Å². The van der Waals surface area contributed by atoms with Gasteiger partial charge in [-0.15, -0.1) is 0 Å². The van der Waals surface area contributed by atoms with Crippen LogP contribution in [0.1, 0.15) is 52.4 Å². The van der Waals surface area contributed by atoms with Gasteiger partial charge in [0.25, 0.3) is 5.91 Å². The number of hydrogen-bond acceptors (Lipinski definition) is 5. The Morgan fingerprint density at radius 1 is 1.23 bits per heavy atom. The van der Waals surface area contributed by atoms with Gasteiger partial charge in [0.05, 0.1) is 6.54 Å². The second-order valence-corrected chi connectivity index (χ2v) is 7.78. The van der Waals surface area contributed by atoms with Crippen LogP contribution in [0.15, 0.2) is 48.2 Å². The Labute approximate surface area is 178 Å². The lowest BCUT2D eigenvalue weighted by molar-refractivity contribution is -0.155. The van der Waals surface area contributed by atoms with Gasteiger partial charge >= 0.3 is 6.03 Å². The third-order valence-corrected chi connectivity index (χ3v) is 5.47. The Bertz CT molecular complexity index is 824. The number of barbiturate groups is 1. The van der Waals surface area contributed by atoms with Crippen LogP contribution in [0.2, 0.25) is 0 Å². The highest BCUT2D eigenvalue weighted by Gasteiger charge is 2.56. The molecule has 2 rings (SSSR count). The van der Waals surface area contributed by atoms with Gasteiger partial charge in [0.1, 0.15) is 5.41 Å². The van der Waals surface area contributed by atoms with Crippen molar-refractivity contribution < 1.29 is 19.2 Å². The fourth-order valence-corrected chi connectivity index (χ4v) is 3.85. The number of urea groups is 1. The molecule has 0 spiro atoms. The van der Waals surface area contributed by atoms with E-state index in [9.17, 15) is 19.2 Å². The third-order valence-electron chi connectivity index (χ3n) is 5.47. The highest BCUT2D eigenvalue weighted by Crippen LogP contribution is 2.40. The van der Waals surface area contributed by atoms with E-state index in [2.05, 4.69) is 6.58 Å². The molecular weight excluding hydrogens is 382 g/mol. The summed E-state index contributed by atoms with van der Waals surface area (Å²) >= 11 is 0. The van der Waals surface area contributed by atoms with Crippen LogP contribution in [0.25, 0.3) is 0 Å². The van der Waals surface area contributed by atoms with Gasteiger partial charge in [-0.05, 0) is 44.6 Å². The molecule has 1 fully saturated rings. The second-order valence-electron chi connectivity index (χ2n) is 7.78. The van der Waals surface area contributed by atoms with E-state index in [1.54, 1.807) is 25.2 Å². The van der Waals surface area contributed by atoms with E-state index >= 15 is 0 Å². The maximum atomic E-state index is 13.3. The van der Waals surface area contributed by atoms with Crippen molar-refractivity contribution in [2.45, 2.75) is 52.4 Å². The molecule has 0 bridgehead atoms. The van der Waals surface area contributed by atoms with Gasteiger partial charge in [0, 0.05) is 24.7 Å². The van der Waals surface area contributed by atoms with Crippen LogP contribution in [0.3, 0.4) is 0 Å². The van der Waals surface area contributed by atoms with Crippen LogP contribution in [0, 0.1) is 5.41 Å². The number of amides is 4. The van der Waals surface area contributed by atoms with Crippen molar-refractivity contribution in [1.82, 2.24) is 9.80 Å². The number of ketones is 1. The maximum Gasteiger partial charge on any atom is 0.333 e. The molecule has 162 valence electrons. The Balaban J connectivity index is 2.33. The van der Waals surface area contributed by atoms with E-state index in [0.717, 1.165) is 34.6 Å². The second kappa shape index (κ2) is 10.2. The summed E-state index contributed by atoms with van der Waals surface area (Å²) in [5.74, 6) is -1.60. The third kappa shape index (κ3) is 4.78. The molecule has 0 radical (unpaired) electrons. The summed E-state index contributed by atoms with van der Waals surface area (Å²) in [6, 6.07) is -0.743. The van der Waals surface area contributed by atoms with Crippen LogP contribution < -0.4 is 5.73 Å². The van der Waals surface area contributed by atoms with Crippen molar-refractivity contribution in [2.24, 2.45) is 11.1 Å². The number of carbonyl (C=O) groups excluding carboxylic acids is 4. The molecule has 1 saturated heterocycles. The molecule has 0 aromatic heterocycles. The fourth-order valence-electron chi connectivity index (χ4n) is 3.85. The standard InChI is InChI=1S/C23H31N3O4/c1-4-6-8-13-18(24)15-19(27)16-26-21(29)23(3,17-11-9-7-10-12-17)20(28)25(14-5-2)22(26)30/h4,6,8,11,15H,1,5,7,9-10,12-14,16,24H2,2-3H3/b8-6-,18-15+. The molecule has 0 saturated carbocycles. The minimum absolute atomic E-state index is 0.197. The van der Waals surface area contributed by atoms with Crippen LogP contribution in [0.4, 0.5) is 4.79 Å². The van der Waals surface area contributed by atoms with Gasteiger partial charge in [-0.25, -0.2) is 4.79 Å². The monoisotopic (exact) mass is 413 g/mol.